The minimum Gasteiger partial charge on any atom is -0.496 e. The molecule has 1 N–H and O–H groups in total. The molecule has 14 heteroatoms. The molecule has 4 fully saturated rings. The zero-order chi connectivity index (χ0) is 35.9. The molecule has 13 nitrogen and oxygen atoms in total. The number of aromatic nitrogens is 4. The summed E-state index contributed by atoms with van der Waals surface area (Å²) in [6.07, 6.45) is 1.88. The molecule has 0 unspecified atom stereocenters. The molecule has 4 aliphatic rings. The van der Waals surface area contributed by atoms with Gasteiger partial charge in [0, 0.05) is 18.8 Å². The lowest BCUT2D eigenvalue weighted by Crippen LogP contribution is -2.65. The number of nitrogens with one attached hydrogen (secondary N) is 1. The van der Waals surface area contributed by atoms with Crippen LogP contribution in [0, 0.1) is 17.3 Å². The first-order valence-electron chi connectivity index (χ1n) is 17.3. The highest BCUT2D eigenvalue weighted by atomic mass is 16.7. The first-order chi connectivity index (χ1) is 22.8. The van der Waals surface area contributed by atoms with Crippen LogP contribution in [0.25, 0.3) is 0 Å². The number of benzene rings is 1. The van der Waals surface area contributed by atoms with E-state index in [1.165, 1.54) is 11.8 Å². The van der Waals surface area contributed by atoms with Crippen molar-refractivity contribution in [3.05, 3.63) is 35.2 Å². The summed E-state index contributed by atoms with van der Waals surface area (Å²) >= 11 is 0. The second-order valence-corrected chi connectivity index (χ2v) is 16.5. The second kappa shape index (κ2) is 13.7. The minimum atomic E-state index is -0.681. The number of rotatable bonds is 12. The Morgan fingerprint density at radius 1 is 1.08 bits per heavy atom. The first-order valence-corrected chi connectivity index (χ1v) is 17.3. The van der Waals surface area contributed by atoms with Gasteiger partial charge in [-0.15, -0.1) is 5.10 Å². The van der Waals surface area contributed by atoms with Crippen molar-refractivity contribution >= 4 is 25.0 Å². The van der Waals surface area contributed by atoms with Crippen LogP contribution in [0.3, 0.4) is 0 Å². The number of carbonyl (C=O) groups is 3. The summed E-state index contributed by atoms with van der Waals surface area (Å²) in [6, 6.07) is 5.37. The molecule has 1 amide bonds. The van der Waals surface area contributed by atoms with Crippen LogP contribution >= 0.6 is 0 Å². The summed E-state index contributed by atoms with van der Waals surface area (Å²) in [7, 11) is 0.885. The van der Waals surface area contributed by atoms with Crippen molar-refractivity contribution in [1.82, 2.24) is 25.5 Å². The van der Waals surface area contributed by atoms with Gasteiger partial charge in [0.25, 0.3) is 0 Å². The molecule has 6 rings (SSSR count). The van der Waals surface area contributed by atoms with Crippen LogP contribution in [0.5, 0.6) is 5.75 Å². The van der Waals surface area contributed by atoms with Gasteiger partial charge in [-0.1, -0.05) is 26.0 Å². The quantitative estimate of drug-likeness (QED) is 0.238. The number of alkyl carbamates (subject to hydrolysis) is 1. The van der Waals surface area contributed by atoms with Crippen molar-refractivity contribution < 1.29 is 37.9 Å². The highest BCUT2D eigenvalue weighted by Crippen LogP contribution is 2.66. The van der Waals surface area contributed by atoms with Gasteiger partial charge in [0.15, 0.2) is 5.82 Å². The Morgan fingerprint density at radius 3 is 2.45 bits per heavy atom. The van der Waals surface area contributed by atoms with Crippen molar-refractivity contribution in [2.45, 2.75) is 130 Å². The SMILES string of the molecule is COc1c(C[C@H](CC(=O)Cc2nnnn2CCNC(=O)OC(C)(C)C)B2O[C@@H]3C[C@@H]4C[C@@H](C4(C)C)[C@]3(C)O2)cccc1C(=O)OC(C)(C)C. The topological polar surface area (TPSA) is 153 Å². The molecule has 1 saturated heterocycles. The summed E-state index contributed by atoms with van der Waals surface area (Å²) in [4.78, 5) is 39.0. The van der Waals surface area contributed by atoms with Crippen LogP contribution in [0.4, 0.5) is 4.79 Å². The van der Waals surface area contributed by atoms with Crippen molar-refractivity contribution in [1.29, 1.82) is 0 Å². The van der Waals surface area contributed by atoms with Crippen molar-refractivity contribution in [2.75, 3.05) is 13.7 Å². The minimum absolute atomic E-state index is 0.0177. The fourth-order valence-electron chi connectivity index (χ4n) is 7.77. The Labute approximate surface area is 289 Å². The lowest BCUT2D eigenvalue weighted by Gasteiger charge is -2.64. The molecule has 2 heterocycles. The van der Waals surface area contributed by atoms with Crippen LogP contribution in [0.1, 0.15) is 103 Å². The lowest BCUT2D eigenvalue weighted by atomic mass is 9.43. The van der Waals surface area contributed by atoms with Crippen LogP contribution in [0.2, 0.25) is 5.82 Å². The molecule has 268 valence electrons. The lowest BCUT2D eigenvalue weighted by molar-refractivity contribution is -0.199. The Morgan fingerprint density at radius 2 is 1.80 bits per heavy atom. The third-order valence-electron chi connectivity index (χ3n) is 10.2. The Bertz CT molecular complexity index is 1550. The van der Waals surface area contributed by atoms with Gasteiger partial charge in [0.05, 0.1) is 31.8 Å². The number of methoxy groups -OCH3 is 1. The van der Waals surface area contributed by atoms with Gasteiger partial charge >= 0.3 is 19.2 Å². The molecular formula is C35H52BN5O8. The average Bonchev–Trinajstić information content (AvgIpc) is 3.57. The van der Waals surface area contributed by atoms with Gasteiger partial charge < -0.3 is 28.8 Å². The van der Waals surface area contributed by atoms with E-state index in [1.54, 1.807) is 32.9 Å². The van der Waals surface area contributed by atoms with Crippen LogP contribution in [-0.2, 0) is 43.0 Å². The molecular weight excluding hydrogens is 629 g/mol. The van der Waals surface area contributed by atoms with Crippen LogP contribution in [0.15, 0.2) is 18.2 Å². The number of carbonyl (C=O) groups excluding carboxylic acids is 3. The van der Waals surface area contributed by atoms with Crippen LogP contribution < -0.4 is 10.1 Å². The van der Waals surface area contributed by atoms with E-state index in [1.807, 2.05) is 26.8 Å². The summed E-state index contributed by atoms with van der Waals surface area (Å²) in [5, 5.41) is 14.6. The molecule has 5 atom stereocenters. The fraction of sp³-hybridized carbons (Fsp3) is 0.714. The van der Waals surface area contributed by atoms with Gasteiger partial charge in [-0.3, -0.25) is 4.79 Å². The Kier molecular flexibility index (Phi) is 10.2. The van der Waals surface area contributed by atoms with Gasteiger partial charge in [0.1, 0.15) is 28.3 Å². The largest absolute Gasteiger partial charge is 0.496 e. The van der Waals surface area contributed by atoms with Gasteiger partial charge in [-0.2, -0.15) is 0 Å². The average molecular weight is 682 g/mol. The van der Waals surface area contributed by atoms with E-state index in [0.717, 1.165) is 18.4 Å². The molecule has 3 aliphatic carbocycles. The third-order valence-corrected chi connectivity index (χ3v) is 10.2. The van der Waals surface area contributed by atoms with E-state index in [2.05, 4.69) is 41.6 Å². The standard InChI is InChI=1S/C35H52BN5O8/c1-32(2,3)46-30(43)25-13-11-12-21(29(25)45-10)16-23(36-48-27-18-22-17-26(34(22,7)8)35(27,9)49-36)19-24(42)20-28-38-39-40-41(28)15-14-37-31(44)47-33(4,5)6/h11-13,22-23,26-27H,14-20H2,1-10H3,(H,37,44)/t22-,23+,26-,27+,35-/m0/s1. The van der Waals surface area contributed by atoms with E-state index in [-0.39, 0.29) is 43.2 Å². The monoisotopic (exact) mass is 681 g/mol. The van der Waals surface area contributed by atoms with Crippen LogP contribution in [-0.4, -0.2) is 81.7 Å². The first kappa shape index (κ1) is 36.8. The molecule has 0 spiro atoms. The number of tetrazole rings is 1. The molecule has 1 aromatic heterocycles. The maximum Gasteiger partial charge on any atom is 0.461 e. The number of para-hydroxylation sites is 1. The number of esters is 1. The molecule has 1 aliphatic heterocycles. The number of hydrogen-bond donors (Lipinski definition) is 1. The van der Waals surface area contributed by atoms with E-state index < -0.39 is 41.8 Å². The molecule has 49 heavy (non-hydrogen) atoms. The number of amides is 1. The summed E-state index contributed by atoms with van der Waals surface area (Å²) in [5.74, 6) is 0.745. The number of ether oxygens (including phenoxy) is 3. The number of hydrogen-bond acceptors (Lipinski definition) is 11. The smallest absolute Gasteiger partial charge is 0.461 e. The second-order valence-electron chi connectivity index (χ2n) is 16.5. The van der Waals surface area contributed by atoms with Crippen molar-refractivity contribution in [3.8, 4) is 5.75 Å². The predicted octanol–water partition coefficient (Wildman–Crippen LogP) is 5.00. The van der Waals surface area contributed by atoms with Gasteiger partial charge in [-0.25, -0.2) is 14.3 Å². The maximum absolute atomic E-state index is 13.8. The number of ketones is 1. The third kappa shape index (κ3) is 8.11. The normalized spacial score (nSPS) is 24.8. The van der Waals surface area contributed by atoms with Crippen molar-refractivity contribution in [2.24, 2.45) is 17.3 Å². The number of nitrogens with zero attached hydrogens (tertiary/aromatic N) is 4. The summed E-state index contributed by atoms with van der Waals surface area (Å²) in [5.41, 5.74) is -0.533. The maximum atomic E-state index is 13.8. The highest BCUT2D eigenvalue weighted by Gasteiger charge is 2.68. The summed E-state index contributed by atoms with van der Waals surface area (Å²) in [6.45, 7) is 18.1. The van der Waals surface area contributed by atoms with Crippen molar-refractivity contribution in [3.63, 3.8) is 0 Å². The zero-order valence-corrected chi connectivity index (χ0v) is 30.6. The Balaban J connectivity index is 1.34. The predicted molar refractivity (Wildman–Crippen MR) is 181 cm³/mol. The molecule has 2 bridgehead atoms. The fourth-order valence-corrected chi connectivity index (χ4v) is 7.77. The van der Waals surface area contributed by atoms with E-state index >= 15 is 0 Å². The van der Waals surface area contributed by atoms with E-state index in [0.29, 0.717) is 35.4 Å². The molecule has 1 aromatic carbocycles. The molecule has 0 radical (unpaired) electrons. The molecule has 3 saturated carbocycles. The zero-order valence-electron chi connectivity index (χ0n) is 30.6. The highest BCUT2D eigenvalue weighted by molar-refractivity contribution is 6.48. The summed E-state index contributed by atoms with van der Waals surface area (Å²) < 4.78 is 31.8. The van der Waals surface area contributed by atoms with Gasteiger partial charge in [0.2, 0.25) is 0 Å². The molecule has 2 aromatic rings. The van der Waals surface area contributed by atoms with E-state index in [9.17, 15) is 14.4 Å². The number of Topliss-reactive ketones (excluding diaryl/α,β-unsaturated/α-hetero) is 1. The van der Waals surface area contributed by atoms with E-state index in [4.69, 9.17) is 23.5 Å². The van der Waals surface area contributed by atoms with Gasteiger partial charge in [-0.05, 0) is 107 Å². The Hall–Kier alpha value is -3.52.